The first-order valence-corrected chi connectivity index (χ1v) is 6.98. The first-order valence-electron chi connectivity index (χ1n) is 6.98. The van der Waals surface area contributed by atoms with Gasteiger partial charge in [-0.25, -0.2) is 0 Å². The van der Waals surface area contributed by atoms with Gasteiger partial charge in [0, 0.05) is 30.1 Å². The van der Waals surface area contributed by atoms with Gasteiger partial charge in [0.1, 0.15) is 0 Å². The van der Waals surface area contributed by atoms with E-state index in [0.29, 0.717) is 0 Å². The van der Waals surface area contributed by atoms with Crippen LogP contribution in [0.2, 0.25) is 0 Å². The molecule has 0 amide bonds. The molecule has 1 heterocycles. The van der Waals surface area contributed by atoms with E-state index in [1.807, 2.05) is 13.8 Å². The SMILES string of the molecule is Cc1cc(=O)cc(C)n1CC1CCC(CN)CC1. The smallest absolute Gasteiger partial charge is 0.182 e. The van der Waals surface area contributed by atoms with Crippen molar-refractivity contribution in [2.45, 2.75) is 46.1 Å². The number of aromatic nitrogens is 1. The van der Waals surface area contributed by atoms with Crippen LogP contribution in [0, 0.1) is 25.7 Å². The zero-order chi connectivity index (χ0) is 13.1. The van der Waals surface area contributed by atoms with Crippen LogP contribution in [-0.4, -0.2) is 11.1 Å². The molecule has 0 radical (unpaired) electrons. The predicted molar refractivity (Wildman–Crippen MR) is 74.7 cm³/mol. The largest absolute Gasteiger partial charge is 0.349 e. The van der Waals surface area contributed by atoms with E-state index in [-0.39, 0.29) is 5.43 Å². The lowest BCUT2D eigenvalue weighted by molar-refractivity contribution is 0.254. The van der Waals surface area contributed by atoms with Crippen LogP contribution in [-0.2, 0) is 6.54 Å². The normalized spacial score (nSPS) is 24.2. The van der Waals surface area contributed by atoms with Crippen molar-refractivity contribution in [3.05, 3.63) is 33.7 Å². The lowest BCUT2D eigenvalue weighted by Gasteiger charge is -2.29. The van der Waals surface area contributed by atoms with Crippen LogP contribution in [0.3, 0.4) is 0 Å². The first kappa shape index (κ1) is 13.3. The maximum atomic E-state index is 11.4. The first-order chi connectivity index (χ1) is 8.60. The third kappa shape index (κ3) is 3.02. The van der Waals surface area contributed by atoms with Crippen LogP contribution in [0.1, 0.15) is 37.1 Å². The number of nitrogens with two attached hydrogens (primary N) is 1. The van der Waals surface area contributed by atoms with Crippen molar-refractivity contribution in [1.82, 2.24) is 4.57 Å². The number of pyridine rings is 1. The lowest BCUT2D eigenvalue weighted by Crippen LogP contribution is -2.25. The van der Waals surface area contributed by atoms with Gasteiger partial charge >= 0.3 is 0 Å². The van der Waals surface area contributed by atoms with E-state index in [1.54, 1.807) is 12.1 Å². The Hall–Kier alpha value is -1.09. The predicted octanol–water partition coefficient (Wildman–Crippen LogP) is 2.23. The highest BCUT2D eigenvalue weighted by atomic mass is 16.1. The highest BCUT2D eigenvalue weighted by Gasteiger charge is 2.20. The molecule has 0 aromatic carbocycles. The summed E-state index contributed by atoms with van der Waals surface area (Å²) in [4.78, 5) is 11.4. The summed E-state index contributed by atoms with van der Waals surface area (Å²) in [5.41, 5.74) is 8.01. The molecule has 3 heteroatoms. The summed E-state index contributed by atoms with van der Waals surface area (Å²) in [7, 11) is 0. The van der Waals surface area contributed by atoms with Gasteiger partial charge in [0.05, 0.1) is 0 Å². The van der Waals surface area contributed by atoms with Crippen LogP contribution in [0.15, 0.2) is 16.9 Å². The molecule has 2 rings (SSSR count). The van der Waals surface area contributed by atoms with Crippen LogP contribution >= 0.6 is 0 Å². The molecule has 0 atom stereocenters. The molecule has 0 spiro atoms. The van der Waals surface area contributed by atoms with Crippen molar-refractivity contribution >= 4 is 0 Å². The standard InChI is InChI=1S/C15H24N2O/c1-11-7-15(18)8-12(2)17(11)10-14-5-3-13(9-16)4-6-14/h7-8,13-14H,3-6,9-10,16H2,1-2H3. The minimum Gasteiger partial charge on any atom is -0.349 e. The Morgan fingerprint density at radius 2 is 1.61 bits per heavy atom. The second-order valence-electron chi connectivity index (χ2n) is 5.71. The third-order valence-electron chi connectivity index (χ3n) is 4.29. The van der Waals surface area contributed by atoms with Crippen molar-refractivity contribution in [1.29, 1.82) is 0 Å². The van der Waals surface area contributed by atoms with Crippen molar-refractivity contribution in [3.63, 3.8) is 0 Å². The highest BCUT2D eigenvalue weighted by Crippen LogP contribution is 2.29. The average Bonchev–Trinajstić information content (AvgIpc) is 2.34. The second-order valence-corrected chi connectivity index (χ2v) is 5.71. The summed E-state index contributed by atoms with van der Waals surface area (Å²) in [6.07, 6.45) is 5.07. The van der Waals surface area contributed by atoms with Gasteiger partial charge in [0.2, 0.25) is 0 Å². The van der Waals surface area contributed by atoms with Crippen molar-refractivity contribution < 1.29 is 0 Å². The summed E-state index contributed by atoms with van der Waals surface area (Å²) in [6, 6.07) is 3.47. The quantitative estimate of drug-likeness (QED) is 0.891. The number of nitrogens with zero attached hydrogens (tertiary/aromatic N) is 1. The summed E-state index contributed by atoms with van der Waals surface area (Å²) in [6.45, 7) is 5.94. The van der Waals surface area contributed by atoms with Gasteiger partial charge in [-0.15, -0.1) is 0 Å². The van der Waals surface area contributed by atoms with Gasteiger partial charge in [-0.1, -0.05) is 0 Å². The molecule has 0 aliphatic heterocycles. The van der Waals surface area contributed by atoms with Crippen LogP contribution in [0.5, 0.6) is 0 Å². The van der Waals surface area contributed by atoms with Crippen LogP contribution < -0.4 is 11.2 Å². The van der Waals surface area contributed by atoms with Crippen LogP contribution in [0.25, 0.3) is 0 Å². The molecule has 0 bridgehead atoms. The van der Waals surface area contributed by atoms with Crippen molar-refractivity contribution in [2.24, 2.45) is 17.6 Å². The highest BCUT2D eigenvalue weighted by molar-refractivity contribution is 5.12. The third-order valence-corrected chi connectivity index (χ3v) is 4.29. The Balaban J connectivity index is 2.04. The maximum absolute atomic E-state index is 11.4. The van der Waals surface area contributed by atoms with Gasteiger partial charge in [-0.3, -0.25) is 4.79 Å². The summed E-state index contributed by atoms with van der Waals surface area (Å²) in [5, 5.41) is 0. The van der Waals surface area contributed by atoms with E-state index in [9.17, 15) is 4.79 Å². The minimum atomic E-state index is 0.119. The molecule has 1 saturated carbocycles. The number of aryl methyl sites for hydroxylation is 2. The zero-order valence-corrected chi connectivity index (χ0v) is 11.5. The Morgan fingerprint density at radius 1 is 1.11 bits per heavy atom. The molecule has 1 aromatic heterocycles. The fraction of sp³-hybridized carbons (Fsp3) is 0.667. The fourth-order valence-electron chi connectivity index (χ4n) is 3.08. The molecular formula is C15H24N2O. The van der Waals surface area contributed by atoms with Gasteiger partial charge in [-0.2, -0.15) is 0 Å². The van der Waals surface area contributed by atoms with Gasteiger partial charge < -0.3 is 10.3 Å². The minimum absolute atomic E-state index is 0.119. The molecule has 0 unspecified atom stereocenters. The van der Waals surface area contributed by atoms with Gasteiger partial charge in [0.25, 0.3) is 0 Å². The Morgan fingerprint density at radius 3 is 2.11 bits per heavy atom. The van der Waals surface area contributed by atoms with E-state index >= 15 is 0 Å². The van der Waals surface area contributed by atoms with Crippen molar-refractivity contribution in [2.75, 3.05) is 6.54 Å². The molecule has 1 aliphatic carbocycles. The molecule has 2 N–H and O–H groups in total. The molecule has 3 nitrogen and oxygen atoms in total. The maximum Gasteiger partial charge on any atom is 0.182 e. The molecule has 1 aliphatic rings. The van der Waals surface area contributed by atoms with E-state index in [4.69, 9.17) is 5.73 Å². The topological polar surface area (TPSA) is 48.0 Å². The number of rotatable bonds is 3. The Labute approximate surface area is 109 Å². The molecule has 1 aromatic rings. The Kier molecular flexibility index (Phi) is 4.23. The molecular weight excluding hydrogens is 224 g/mol. The number of hydrogen-bond acceptors (Lipinski definition) is 2. The fourth-order valence-corrected chi connectivity index (χ4v) is 3.08. The molecule has 18 heavy (non-hydrogen) atoms. The van der Waals surface area contributed by atoms with E-state index < -0.39 is 0 Å². The Bertz CT molecular complexity index is 430. The molecule has 1 fully saturated rings. The van der Waals surface area contributed by atoms with E-state index in [0.717, 1.165) is 36.3 Å². The molecule has 100 valence electrons. The monoisotopic (exact) mass is 248 g/mol. The van der Waals surface area contributed by atoms with Gasteiger partial charge in [0.15, 0.2) is 5.43 Å². The summed E-state index contributed by atoms with van der Waals surface area (Å²) in [5.74, 6) is 1.48. The van der Waals surface area contributed by atoms with E-state index in [1.165, 1.54) is 25.7 Å². The zero-order valence-electron chi connectivity index (χ0n) is 11.5. The number of hydrogen-bond donors (Lipinski definition) is 1. The van der Waals surface area contributed by atoms with Gasteiger partial charge in [-0.05, 0) is 57.9 Å². The molecule has 0 saturated heterocycles. The summed E-state index contributed by atoms with van der Waals surface area (Å²) >= 11 is 0. The van der Waals surface area contributed by atoms with E-state index in [2.05, 4.69) is 4.57 Å². The summed E-state index contributed by atoms with van der Waals surface area (Å²) < 4.78 is 2.29. The van der Waals surface area contributed by atoms with Crippen LogP contribution in [0.4, 0.5) is 0 Å². The lowest BCUT2D eigenvalue weighted by atomic mass is 9.82. The van der Waals surface area contributed by atoms with Crippen molar-refractivity contribution in [3.8, 4) is 0 Å². The second kappa shape index (κ2) is 5.70. The average molecular weight is 248 g/mol.